The average Bonchev–Trinajstić information content (AvgIpc) is 2.94. The number of nitrogens with zero attached hydrogens (tertiary/aromatic N) is 4. The van der Waals surface area contributed by atoms with E-state index in [4.69, 9.17) is 5.73 Å². The van der Waals surface area contributed by atoms with Gasteiger partial charge in [0.05, 0.1) is 18.3 Å². The molecule has 1 aliphatic carbocycles. The number of aromatic nitrogens is 3. The summed E-state index contributed by atoms with van der Waals surface area (Å²) in [5.74, 6) is 0.105. The SMILES string of the molecule is NCCn1cc(C(=O)N2CCC3(O)CCCCC3C2)nn1. The van der Waals surface area contributed by atoms with Gasteiger partial charge < -0.3 is 15.7 Å². The van der Waals surface area contributed by atoms with Gasteiger partial charge in [0.25, 0.3) is 5.91 Å². The van der Waals surface area contributed by atoms with Crippen molar-refractivity contribution in [3.05, 3.63) is 11.9 Å². The Morgan fingerprint density at radius 1 is 1.48 bits per heavy atom. The molecular formula is C14H23N5O2. The first kappa shape index (κ1) is 14.5. The van der Waals surface area contributed by atoms with Gasteiger partial charge in [0, 0.05) is 25.6 Å². The lowest BCUT2D eigenvalue weighted by Gasteiger charge is -2.47. The zero-order chi connectivity index (χ0) is 14.9. The average molecular weight is 293 g/mol. The summed E-state index contributed by atoms with van der Waals surface area (Å²) in [6.45, 7) is 2.24. The highest BCUT2D eigenvalue weighted by Crippen LogP contribution is 2.39. The highest BCUT2D eigenvalue weighted by atomic mass is 16.3. The molecule has 1 aromatic heterocycles. The molecular weight excluding hydrogens is 270 g/mol. The molecule has 0 aromatic carbocycles. The number of hydrogen-bond acceptors (Lipinski definition) is 5. The quantitative estimate of drug-likeness (QED) is 0.818. The first-order chi connectivity index (χ1) is 10.1. The smallest absolute Gasteiger partial charge is 0.276 e. The van der Waals surface area contributed by atoms with Crippen molar-refractivity contribution in [3.63, 3.8) is 0 Å². The Balaban J connectivity index is 1.68. The summed E-state index contributed by atoms with van der Waals surface area (Å²) in [7, 11) is 0. The molecule has 1 aromatic rings. The topological polar surface area (TPSA) is 97.3 Å². The predicted molar refractivity (Wildman–Crippen MR) is 76.5 cm³/mol. The van der Waals surface area contributed by atoms with Crippen LogP contribution in [0.4, 0.5) is 0 Å². The van der Waals surface area contributed by atoms with Crippen LogP contribution in [0.15, 0.2) is 6.20 Å². The third-order valence-electron chi connectivity index (χ3n) is 4.83. The Labute approximate surface area is 124 Å². The van der Waals surface area contributed by atoms with Crippen molar-refractivity contribution in [1.82, 2.24) is 19.9 Å². The molecule has 2 aliphatic rings. The molecule has 116 valence electrons. The molecule has 21 heavy (non-hydrogen) atoms. The number of carbonyl (C=O) groups excluding carboxylic acids is 1. The van der Waals surface area contributed by atoms with Crippen LogP contribution >= 0.6 is 0 Å². The maximum absolute atomic E-state index is 12.5. The summed E-state index contributed by atoms with van der Waals surface area (Å²) >= 11 is 0. The summed E-state index contributed by atoms with van der Waals surface area (Å²) in [6, 6.07) is 0. The second kappa shape index (κ2) is 5.73. The molecule has 0 radical (unpaired) electrons. The largest absolute Gasteiger partial charge is 0.389 e. The Bertz CT molecular complexity index is 517. The minimum atomic E-state index is -0.563. The maximum atomic E-state index is 12.5. The monoisotopic (exact) mass is 293 g/mol. The van der Waals surface area contributed by atoms with Crippen molar-refractivity contribution < 1.29 is 9.90 Å². The zero-order valence-corrected chi connectivity index (χ0v) is 12.2. The van der Waals surface area contributed by atoms with E-state index < -0.39 is 5.60 Å². The minimum absolute atomic E-state index is 0.0918. The van der Waals surface area contributed by atoms with Crippen LogP contribution in [0.2, 0.25) is 0 Å². The lowest BCUT2D eigenvalue weighted by atomic mass is 9.71. The van der Waals surface area contributed by atoms with E-state index in [9.17, 15) is 9.90 Å². The maximum Gasteiger partial charge on any atom is 0.276 e. The molecule has 1 saturated heterocycles. The van der Waals surface area contributed by atoms with Crippen molar-refractivity contribution in [2.75, 3.05) is 19.6 Å². The number of amides is 1. The van der Waals surface area contributed by atoms with Gasteiger partial charge in [0.2, 0.25) is 0 Å². The Kier molecular flexibility index (Phi) is 3.95. The third-order valence-corrected chi connectivity index (χ3v) is 4.83. The van der Waals surface area contributed by atoms with Crippen LogP contribution in [-0.4, -0.2) is 56.1 Å². The molecule has 7 heteroatoms. The third kappa shape index (κ3) is 2.80. The van der Waals surface area contributed by atoms with Crippen LogP contribution in [0.3, 0.4) is 0 Å². The highest BCUT2D eigenvalue weighted by Gasteiger charge is 2.44. The van der Waals surface area contributed by atoms with E-state index in [-0.39, 0.29) is 11.8 Å². The number of nitrogens with two attached hydrogens (primary N) is 1. The van der Waals surface area contributed by atoms with Crippen LogP contribution in [-0.2, 0) is 6.54 Å². The fourth-order valence-corrected chi connectivity index (χ4v) is 3.56. The van der Waals surface area contributed by atoms with Gasteiger partial charge in [-0.05, 0) is 19.3 Å². The molecule has 1 aliphatic heterocycles. The molecule has 2 atom stereocenters. The Morgan fingerprint density at radius 2 is 2.33 bits per heavy atom. The number of piperidine rings is 1. The fourth-order valence-electron chi connectivity index (χ4n) is 3.56. The molecule has 1 amide bonds. The minimum Gasteiger partial charge on any atom is -0.389 e. The molecule has 7 nitrogen and oxygen atoms in total. The zero-order valence-electron chi connectivity index (χ0n) is 12.2. The van der Waals surface area contributed by atoms with Gasteiger partial charge in [-0.15, -0.1) is 5.10 Å². The van der Waals surface area contributed by atoms with E-state index in [1.807, 2.05) is 0 Å². The van der Waals surface area contributed by atoms with Crippen molar-refractivity contribution in [1.29, 1.82) is 0 Å². The van der Waals surface area contributed by atoms with Crippen LogP contribution in [0.5, 0.6) is 0 Å². The van der Waals surface area contributed by atoms with Gasteiger partial charge in [0.1, 0.15) is 0 Å². The van der Waals surface area contributed by atoms with Crippen LogP contribution in [0.25, 0.3) is 0 Å². The first-order valence-corrected chi connectivity index (χ1v) is 7.74. The molecule has 3 rings (SSSR count). The summed E-state index contributed by atoms with van der Waals surface area (Å²) in [5.41, 5.74) is 5.27. The lowest BCUT2D eigenvalue weighted by Crippen LogP contribution is -2.54. The van der Waals surface area contributed by atoms with Crippen molar-refractivity contribution in [2.24, 2.45) is 11.7 Å². The van der Waals surface area contributed by atoms with Crippen molar-refractivity contribution in [2.45, 2.75) is 44.2 Å². The number of rotatable bonds is 3. The number of carbonyl (C=O) groups is 1. The van der Waals surface area contributed by atoms with E-state index in [2.05, 4.69) is 10.3 Å². The number of likely N-dealkylation sites (tertiary alicyclic amines) is 1. The van der Waals surface area contributed by atoms with Gasteiger partial charge in [-0.25, -0.2) is 0 Å². The number of aliphatic hydroxyl groups is 1. The van der Waals surface area contributed by atoms with E-state index in [1.165, 1.54) is 0 Å². The summed E-state index contributed by atoms with van der Waals surface area (Å²) in [4.78, 5) is 14.3. The standard InChI is InChI=1S/C14H23N5O2/c15-6-8-19-10-12(16-17-19)13(20)18-7-5-14(21)4-2-1-3-11(14)9-18/h10-11,21H,1-9,15H2. The molecule has 1 saturated carbocycles. The normalized spacial score (nSPS) is 29.2. The predicted octanol–water partition coefficient (Wildman–Crippen LogP) is 0.00400. The van der Waals surface area contributed by atoms with Crippen LogP contribution < -0.4 is 5.73 Å². The van der Waals surface area contributed by atoms with E-state index in [0.717, 1.165) is 25.7 Å². The molecule has 2 unspecified atom stereocenters. The second-order valence-electron chi connectivity index (χ2n) is 6.20. The summed E-state index contributed by atoms with van der Waals surface area (Å²) < 4.78 is 1.59. The van der Waals surface area contributed by atoms with Crippen LogP contribution in [0.1, 0.15) is 42.6 Å². The summed E-state index contributed by atoms with van der Waals surface area (Å²) in [5, 5.41) is 18.5. The molecule has 2 fully saturated rings. The molecule has 0 spiro atoms. The van der Waals surface area contributed by atoms with Gasteiger partial charge in [0.15, 0.2) is 5.69 Å². The van der Waals surface area contributed by atoms with Gasteiger partial charge in [-0.3, -0.25) is 9.48 Å². The molecule has 0 bridgehead atoms. The van der Waals surface area contributed by atoms with Gasteiger partial charge in [-0.1, -0.05) is 18.1 Å². The first-order valence-electron chi connectivity index (χ1n) is 7.74. The molecule has 2 heterocycles. The summed E-state index contributed by atoms with van der Waals surface area (Å²) in [6.07, 6.45) is 6.42. The van der Waals surface area contributed by atoms with E-state index >= 15 is 0 Å². The number of hydrogen-bond donors (Lipinski definition) is 2. The Morgan fingerprint density at radius 3 is 3.14 bits per heavy atom. The highest BCUT2D eigenvalue weighted by molar-refractivity contribution is 5.92. The Hall–Kier alpha value is -1.47. The van der Waals surface area contributed by atoms with Crippen LogP contribution in [0, 0.1) is 5.92 Å². The van der Waals surface area contributed by atoms with Crippen molar-refractivity contribution >= 4 is 5.91 Å². The number of fused-ring (bicyclic) bond motifs is 1. The second-order valence-corrected chi connectivity index (χ2v) is 6.20. The lowest BCUT2D eigenvalue weighted by molar-refractivity contribution is -0.0886. The molecule has 3 N–H and O–H groups in total. The van der Waals surface area contributed by atoms with Crippen molar-refractivity contribution in [3.8, 4) is 0 Å². The van der Waals surface area contributed by atoms with E-state index in [0.29, 0.717) is 38.3 Å². The van der Waals surface area contributed by atoms with E-state index in [1.54, 1.807) is 15.8 Å². The fraction of sp³-hybridized carbons (Fsp3) is 0.786. The van der Waals surface area contributed by atoms with Gasteiger partial charge in [-0.2, -0.15) is 0 Å². The van der Waals surface area contributed by atoms with Gasteiger partial charge >= 0.3 is 0 Å².